The smallest absolute Gasteiger partial charge is 0.138 e. The minimum absolute atomic E-state index is 0.620. The number of nitrogens with zero attached hydrogens (tertiary/aromatic N) is 5. The summed E-state index contributed by atoms with van der Waals surface area (Å²) in [6.07, 6.45) is 2.10. The fourth-order valence-corrected chi connectivity index (χ4v) is 4.13. The van der Waals surface area contributed by atoms with E-state index in [0.717, 1.165) is 36.7 Å². The second kappa shape index (κ2) is 7.32. The van der Waals surface area contributed by atoms with Crippen molar-refractivity contribution >= 4 is 17.4 Å². The van der Waals surface area contributed by atoms with E-state index in [4.69, 9.17) is 16.6 Å². The van der Waals surface area contributed by atoms with Crippen LogP contribution < -0.4 is 4.90 Å². The molecule has 0 aliphatic carbocycles. The van der Waals surface area contributed by atoms with E-state index in [-0.39, 0.29) is 0 Å². The van der Waals surface area contributed by atoms with Gasteiger partial charge in [-0.25, -0.2) is 9.97 Å². The Morgan fingerprint density at radius 2 is 1.83 bits per heavy atom. The van der Waals surface area contributed by atoms with Crippen LogP contribution in [0.15, 0.2) is 0 Å². The van der Waals surface area contributed by atoms with Gasteiger partial charge >= 0.3 is 0 Å². The first-order valence-corrected chi connectivity index (χ1v) is 9.24. The Morgan fingerprint density at radius 3 is 2.48 bits per heavy atom. The van der Waals surface area contributed by atoms with Crippen molar-refractivity contribution in [2.45, 2.75) is 39.7 Å². The molecule has 1 aromatic rings. The van der Waals surface area contributed by atoms with E-state index in [2.05, 4.69) is 33.5 Å². The van der Waals surface area contributed by atoms with E-state index in [1.165, 1.54) is 39.1 Å². The van der Waals surface area contributed by atoms with Crippen LogP contribution >= 0.6 is 11.6 Å². The average molecular weight is 338 g/mol. The first-order chi connectivity index (χ1) is 11.1. The first-order valence-electron chi connectivity index (χ1n) is 8.86. The van der Waals surface area contributed by atoms with Gasteiger partial charge in [-0.05, 0) is 26.3 Å². The van der Waals surface area contributed by atoms with Gasteiger partial charge in [-0.2, -0.15) is 0 Å². The highest BCUT2D eigenvalue weighted by atomic mass is 35.5. The van der Waals surface area contributed by atoms with Gasteiger partial charge < -0.3 is 9.80 Å². The SMILES string of the molecule is CCc1c(Cl)nc(C)nc1N1CCC(N2CCN(CC)CC2)C1. The summed E-state index contributed by atoms with van der Waals surface area (Å²) < 4.78 is 0. The lowest BCUT2D eigenvalue weighted by molar-refractivity contribution is 0.107. The van der Waals surface area contributed by atoms with Gasteiger partial charge in [0.1, 0.15) is 16.8 Å². The molecule has 0 saturated carbocycles. The number of anilines is 1. The third-order valence-electron chi connectivity index (χ3n) is 5.23. The highest BCUT2D eigenvalue weighted by Gasteiger charge is 2.31. The Kier molecular flexibility index (Phi) is 5.39. The quantitative estimate of drug-likeness (QED) is 0.787. The zero-order chi connectivity index (χ0) is 16.4. The second-order valence-electron chi connectivity index (χ2n) is 6.58. The van der Waals surface area contributed by atoms with Gasteiger partial charge in [-0.3, -0.25) is 4.90 Å². The molecule has 0 aromatic carbocycles. The fraction of sp³-hybridized carbons (Fsp3) is 0.765. The van der Waals surface area contributed by atoms with Crippen LogP contribution in [0.4, 0.5) is 5.82 Å². The topological polar surface area (TPSA) is 35.5 Å². The van der Waals surface area contributed by atoms with E-state index in [1.807, 2.05) is 6.92 Å². The summed E-state index contributed by atoms with van der Waals surface area (Å²) in [4.78, 5) is 16.6. The molecule has 0 bridgehead atoms. The zero-order valence-electron chi connectivity index (χ0n) is 14.6. The van der Waals surface area contributed by atoms with Crippen molar-refractivity contribution in [3.8, 4) is 0 Å². The van der Waals surface area contributed by atoms with Crippen molar-refractivity contribution in [1.82, 2.24) is 19.8 Å². The van der Waals surface area contributed by atoms with Crippen molar-refractivity contribution in [3.63, 3.8) is 0 Å². The lowest BCUT2D eigenvalue weighted by Crippen LogP contribution is -2.50. The van der Waals surface area contributed by atoms with E-state index in [0.29, 0.717) is 11.2 Å². The molecule has 2 aliphatic rings. The number of aromatic nitrogens is 2. The predicted molar refractivity (Wildman–Crippen MR) is 95.5 cm³/mol. The Bertz CT molecular complexity index is 542. The minimum atomic E-state index is 0.620. The zero-order valence-corrected chi connectivity index (χ0v) is 15.3. The normalized spacial score (nSPS) is 23.7. The van der Waals surface area contributed by atoms with Crippen molar-refractivity contribution in [1.29, 1.82) is 0 Å². The number of rotatable bonds is 4. The summed E-state index contributed by atoms with van der Waals surface area (Å²) in [6, 6.07) is 0.646. The molecular weight excluding hydrogens is 310 g/mol. The molecule has 0 amide bonds. The van der Waals surface area contributed by atoms with Gasteiger partial charge in [0.2, 0.25) is 0 Å². The molecule has 5 nitrogen and oxygen atoms in total. The van der Waals surface area contributed by atoms with Crippen LogP contribution in [0.1, 0.15) is 31.7 Å². The van der Waals surface area contributed by atoms with Gasteiger partial charge in [0.15, 0.2) is 0 Å². The molecule has 1 atom stereocenters. The Labute approximate surface area is 144 Å². The van der Waals surface area contributed by atoms with Crippen LogP contribution in [0.2, 0.25) is 5.15 Å². The molecule has 128 valence electrons. The fourth-order valence-electron chi connectivity index (χ4n) is 3.79. The Balaban J connectivity index is 1.68. The standard InChI is InChI=1S/C17H28ClN5/c1-4-15-16(18)19-13(3)20-17(15)23-7-6-14(12-23)22-10-8-21(5-2)9-11-22/h14H,4-12H2,1-3H3. The van der Waals surface area contributed by atoms with Crippen molar-refractivity contribution in [2.24, 2.45) is 0 Å². The number of halogens is 1. The van der Waals surface area contributed by atoms with Crippen LogP contribution in [0, 0.1) is 6.92 Å². The van der Waals surface area contributed by atoms with Crippen LogP contribution in [-0.4, -0.2) is 71.6 Å². The number of hydrogen-bond acceptors (Lipinski definition) is 5. The van der Waals surface area contributed by atoms with E-state index >= 15 is 0 Å². The molecule has 0 radical (unpaired) electrons. The lowest BCUT2D eigenvalue weighted by Gasteiger charge is -2.37. The highest BCUT2D eigenvalue weighted by Crippen LogP contribution is 2.29. The average Bonchev–Trinajstić information content (AvgIpc) is 3.04. The van der Waals surface area contributed by atoms with E-state index in [1.54, 1.807) is 0 Å². The summed E-state index contributed by atoms with van der Waals surface area (Å²) in [6.45, 7) is 14.4. The molecule has 23 heavy (non-hydrogen) atoms. The lowest BCUT2D eigenvalue weighted by atomic mass is 10.2. The maximum Gasteiger partial charge on any atom is 0.138 e. The van der Waals surface area contributed by atoms with Gasteiger partial charge in [-0.1, -0.05) is 25.4 Å². The third-order valence-corrected chi connectivity index (χ3v) is 5.55. The number of piperazine rings is 1. The van der Waals surface area contributed by atoms with Crippen LogP contribution in [0.25, 0.3) is 0 Å². The number of aryl methyl sites for hydroxylation is 1. The van der Waals surface area contributed by atoms with Gasteiger partial charge in [0.25, 0.3) is 0 Å². The molecule has 2 fully saturated rings. The third kappa shape index (κ3) is 3.62. The maximum atomic E-state index is 6.34. The largest absolute Gasteiger partial charge is 0.355 e. The first kappa shape index (κ1) is 16.9. The Hall–Kier alpha value is -0.910. The molecule has 0 N–H and O–H groups in total. The van der Waals surface area contributed by atoms with Crippen LogP contribution in [0.5, 0.6) is 0 Å². The predicted octanol–water partition coefficient (Wildman–Crippen LogP) is 2.22. The van der Waals surface area contributed by atoms with Crippen molar-refractivity contribution in [2.75, 3.05) is 50.7 Å². The highest BCUT2D eigenvalue weighted by molar-refractivity contribution is 6.30. The molecule has 1 unspecified atom stereocenters. The summed E-state index contributed by atoms with van der Waals surface area (Å²) in [5.41, 5.74) is 1.09. The van der Waals surface area contributed by atoms with Crippen molar-refractivity contribution < 1.29 is 0 Å². The van der Waals surface area contributed by atoms with Gasteiger partial charge in [0, 0.05) is 50.9 Å². The molecule has 1 aromatic heterocycles. The van der Waals surface area contributed by atoms with Gasteiger partial charge in [-0.15, -0.1) is 0 Å². The molecule has 3 rings (SSSR count). The molecule has 2 saturated heterocycles. The number of likely N-dealkylation sites (N-methyl/N-ethyl adjacent to an activating group) is 1. The molecule has 2 aliphatic heterocycles. The summed E-state index contributed by atoms with van der Waals surface area (Å²) in [5.74, 6) is 1.82. The number of hydrogen-bond donors (Lipinski definition) is 0. The van der Waals surface area contributed by atoms with E-state index in [9.17, 15) is 0 Å². The van der Waals surface area contributed by atoms with Crippen LogP contribution in [0.3, 0.4) is 0 Å². The minimum Gasteiger partial charge on any atom is -0.355 e. The maximum absolute atomic E-state index is 6.34. The summed E-state index contributed by atoms with van der Waals surface area (Å²) in [5, 5.41) is 0.620. The second-order valence-corrected chi connectivity index (χ2v) is 6.93. The van der Waals surface area contributed by atoms with E-state index < -0.39 is 0 Å². The van der Waals surface area contributed by atoms with Gasteiger partial charge in [0.05, 0.1) is 0 Å². The summed E-state index contributed by atoms with van der Waals surface area (Å²) in [7, 11) is 0. The monoisotopic (exact) mass is 337 g/mol. The molecule has 6 heteroatoms. The van der Waals surface area contributed by atoms with Crippen molar-refractivity contribution in [3.05, 3.63) is 16.5 Å². The Morgan fingerprint density at radius 1 is 1.09 bits per heavy atom. The molecular formula is C17H28ClN5. The summed E-state index contributed by atoms with van der Waals surface area (Å²) >= 11 is 6.34. The van der Waals surface area contributed by atoms with Crippen LogP contribution in [-0.2, 0) is 6.42 Å². The molecule has 0 spiro atoms. The molecule has 3 heterocycles.